The number of carbonyl (C=O) groups is 2. The molecule has 1 atom stereocenters. The van der Waals surface area contributed by atoms with Gasteiger partial charge in [0.25, 0.3) is 0 Å². The summed E-state index contributed by atoms with van der Waals surface area (Å²) in [7, 11) is 1.63. The van der Waals surface area contributed by atoms with Crippen LogP contribution in [0.1, 0.15) is 24.9 Å². The van der Waals surface area contributed by atoms with Crippen molar-refractivity contribution >= 4 is 11.8 Å². The van der Waals surface area contributed by atoms with E-state index in [-0.39, 0.29) is 24.4 Å². The number of rotatable bonds is 6. The van der Waals surface area contributed by atoms with E-state index in [1.165, 1.54) is 0 Å². The highest BCUT2D eigenvalue weighted by Crippen LogP contribution is 2.18. The predicted molar refractivity (Wildman–Crippen MR) is 96.5 cm³/mol. The normalized spacial score (nSPS) is 15.8. The summed E-state index contributed by atoms with van der Waals surface area (Å²) >= 11 is 0. The van der Waals surface area contributed by atoms with Crippen LogP contribution in [0.3, 0.4) is 0 Å². The van der Waals surface area contributed by atoms with E-state index in [0.29, 0.717) is 26.1 Å². The molecule has 0 unspecified atom stereocenters. The second kappa shape index (κ2) is 8.03. The van der Waals surface area contributed by atoms with E-state index < -0.39 is 0 Å². The first kappa shape index (κ1) is 18.0. The van der Waals surface area contributed by atoms with Gasteiger partial charge in [-0.05, 0) is 30.2 Å². The molecule has 1 aromatic heterocycles. The molecule has 7 heteroatoms. The highest BCUT2D eigenvalue weighted by Gasteiger charge is 2.31. The smallest absolute Gasteiger partial charge is 0.247 e. The Morgan fingerprint density at radius 3 is 2.62 bits per heavy atom. The molecule has 2 heterocycles. The number of carbonyl (C=O) groups excluding carboxylic acids is 2. The first-order valence-electron chi connectivity index (χ1n) is 8.81. The highest BCUT2D eigenvalue weighted by atomic mass is 16.5. The maximum Gasteiger partial charge on any atom is 0.247 e. The quantitative estimate of drug-likeness (QED) is 0.790. The highest BCUT2D eigenvalue weighted by molar-refractivity contribution is 5.87. The summed E-state index contributed by atoms with van der Waals surface area (Å²) < 4.78 is 6.82. The number of nitrogens with zero attached hydrogens (tertiary/aromatic N) is 4. The van der Waals surface area contributed by atoms with Crippen molar-refractivity contribution < 1.29 is 14.3 Å². The second-order valence-electron chi connectivity index (χ2n) is 6.33. The molecule has 0 saturated carbocycles. The van der Waals surface area contributed by atoms with E-state index in [4.69, 9.17) is 4.74 Å². The first-order valence-corrected chi connectivity index (χ1v) is 8.81. The summed E-state index contributed by atoms with van der Waals surface area (Å²) in [5, 5.41) is 4.17. The molecule has 0 bridgehead atoms. The fourth-order valence-electron chi connectivity index (χ4n) is 3.17. The standard InChI is InChI=1S/C19H24N4O3/c1-3-17(23-10-4-9-20-23)19(25)22-12-11-21(18(24)14-22)13-15-5-7-16(26-2)8-6-15/h4-10,17H,3,11-14H2,1-2H3/t17-/m0/s1. The third-order valence-electron chi connectivity index (χ3n) is 4.68. The van der Waals surface area contributed by atoms with Crippen LogP contribution in [-0.2, 0) is 16.1 Å². The molecular weight excluding hydrogens is 332 g/mol. The van der Waals surface area contributed by atoms with Crippen LogP contribution in [-0.4, -0.2) is 58.1 Å². The Hall–Kier alpha value is -2.83. The monoisotopic (exact) mass is 356 g/mol. The van der Waals surface area contributed by atoms with Gasteiger partial charge in [-0.1, -0.05) is 19.1 Å². The average molecular weight is 356 g/mol. The Morgan fingerprint density at radius 2 is 2.04 bits per heavy atom. The molecule has 3 rings (SSSR count). The van der Waals surface area contributed by atoms with Crippen LogP contribution in [0.4, 0.5) is 0 Å². The van der Waals surface area contributed by atoms with Crippen LogP contribution in [0, 0.1) is 0 Å². The predicted octanol–water partition coefficient (Wildman–Crippen LogP) is 1.71. The molecule has 26 heavy (non-hydrogen) atoms. The average Bonchev–Trinajstić information content (AvgIpc) is 3.19. The number of ether oxygens (including phenoxy) is 1. The van der Waals surface area contributed by atoms with Gasteiger partial charge in [0.15, 0.2) is 0 Å². The zero-order valence-electron chi connectivity index (χ0n) is 15.2. The molecule has 2 aromatic rings. The van der Waals surface area contributed by atoms with Crippen LogP contribution in [0.15, 0.2) is 42.7 Å². The van der Waals surface area contributed by atoms with Crippen molar-refractivity contribution in [2.24, 2.45) is 0 Å². The van der Waals surface area contributed by atoms with E-state index in [1.54, 1.807) is 40.1 Å². The Kier molecular flexibility index (Phi) is 5.55. The molecule has 0 radical (unpaired) electrons. The van der Waals surface area contributed by atoms with Crippen LogP contribution in [0.2, 0.25) is 0 Å². The Bertz CT molecular complexity index is 743. The molecule has 2 amide bonds. The van der Waals surface area contributed by atoms with Gasteiger partial charge in [-0.15, -0.1) is 0 Å². The zero-order chi connectivity index (χ0) is 18.5. The third-order valence-corrected chi connectivity index (χ3v) is 4.68. The topological polar surface area (TPSA) is 67.7 Å². The van der Waals surface area contributed by atoms with Gasteiger partial charge in [0.1, 0.15) is 11.8 Å². The van der Waals surface area contributed by atoms with Crippen molar-refractivity contribution in [3.8, 4) is 5.75 Å². The molecule has 1 aromatic carbocycles. The van der Waals surface area contributed by atoms with Crippen LogP contribution >= 0.6 is 0 Å². The third kappa shape index (κ3) is 3.87. The zero-order valence-corrected chi connectivity index (χ0v) is 15.2. The van der Waals surface area contributed by atoms with Gasteiger partial charge in [0.2, 0.25) is 11.8 Å². The van der Waals surface area contributed by atoms with Gasteiger partial charge < -0.3 is 14.5 Å². The van der Waals surface area contributed by atoms with Gasteiger partial charge in [-0.25, -0.2) is 0 Å². The minimum Gasteiger partial charge on any atom is -0.497 e. The molecule has 1 fully saturated rings. The van der Waals surface area contributed by atoms with Crippen molar-refractivity contribution in [2.45, 2.75) is 25.9 Å². The maximum absolute atomic E-state index is 12.8. The van der Waals surface area contributed by atoms with Crippen molar-refractivity contribution in [3.05, 3.63) is 48.3 Å². The summed E-state index contributed by atoms with van der Waals surface area (Å²) in [4.78, 5) is 28.7. The lowest BCUT2D eigenvalue weighted by Crippen LogP contribution is -2.53. The number of hydrogen-bond acceptors (Lipinski definition) is 4. The van der Waals surface area contributed by atoms with E-state index in [0.717, 1.165) is 11.3 Å². The van der Waals surface area contributed by atoms with Gasteiger partial charge in [-0.3, -0.25) is 14.3 Å². The molecule has 138 valence electrons. The molecule has 1 aliphatic rings. The lowest BCUT2D eigenvalue weighted by Gasteiger charge is -2.36. The maximum atomic E-state index is 12.8. The number of amides is 2. The van der Waals surface area contributed by atoms with Gasteiger partial charge in [-0.2, -0.15) is 5.10 Å². The molecule has 0 aliphatic carbocycles. The minimum absolute atomic E-state index is 0.0317. The van der Waals surface area contributed by atoms with Crippen molar-refractivity contribution in [1.82, 2.24) is 19.6 Å². The SMILES string of the molecule is CC[C@@H](C(=O)N1CCN(Cc2ccc(OC)cc2)C(=O)C1)n1cccn1. The number of methoxy groups -OCH3 is 1. The lowest BCUT2D eigenvalue weighted by atomic mass is 10.1. The largest absolute Gasteiger partial charge is 0.497 e. The van der Waals surface area contributed by atoms with Crippen LogP contribution in [0.5, 0.6) is 5.75 Å². The van der Waals surface area contributed by atoms with Gasteiger partial charge in [0, 0.05) is 32.0 Å². The Balaban J connectivity index is 1.60. The van der Waals surface area contributed by atoms with E-state index in [1.807, 2.05) is 31.2 Å². The molecule has 0 spiro atoms. The molecule has 7 nitrogen and oxygen atoms in total. The summed E-state index contributed by atoms with van der Waals surface area (Å²) in [5.74, 6) is 0.712. The van der Waals surface area contributed by atoms with Crippen LogP contribution < -0.4 is 4.74 Å². The van der Waals surface area contributed by atoms with E-state index in [9.17, 15) is 9.59 Å². The van der Waals surface area contributed by atoms with Gasteiger partial charge in [0.05, 0.1) is 13.7 Å². The van der Waals surface area contributed by atoms with E-state index in [2.05, 4.69) is 5.10 Å². The fraction of sp³-hybridized carbons (Fsp3) is 0.421. The summed E-state index contributed by atoms with van der Waals surface area (Å²) in [6.07, 6.45) is 4.09. The second-order valence-corrected chi connectivity index (χ2v) is 6.33. The number of aromatic nitrogens is 2. The molecule has 0 N–H and O–H groups in total. The summed E-state index contributed by atoms with van der Waals surface area (Å²) in [6.45, 7) is 3.69. The Labute approximate surface area is 153 Å². The van der Waals surface area contributed by atoms with Crippen molar-refractivity contribution in [3.63, 3.8) is 0 Å². The molecule has 1 saturated heterocycles. The van der Waals surface area contributed by atoms with Crippen LogP contribution in [0.25, 0.3) is 0 Å². The molecular formula is C19H24N4O3. The first-order chi connectivity index (χ1) is 12.6. The number of benzene rings is 1. The van der Waals surface area contributed by atoms with Gasteiger partial charge >= 0.3 is 0 Å². The minimum atomic E-state index is -0.356. The molecule has 1 aliphatic heterocycles. The Morgan fingerprint density at radius 1 is 1.27 bits per heavy atom. The number of hydrogen-bond donors (Lipinski definition) is 0. The lowest BCUT2D eigenvalue weighted by molar-refractivity contribution is -0.147. The number of piperazine rings is 1. The van der Waals surface area contributed by atoms with E-state index >= 15 is 0 Å². The van der Waals surface area contributed by atoms with Crippen molar-refractivity contribution in [1.29, 1.82) is 0 Å². The summed E-state index contributed by atoms with van der Waals surface area (Å²) in [6, 6.07) is 9.12. The summed E-state index contributed by atoms with van der Waals surface area (Å²) in [5.41, 5.74) is 1.04. The van der Waals surface area contributed by atoms with Crippen molar-refractivity contribution in [2.75, 3.05) is 26.7 Å². The fourth-order valence-corrected chi connectivity index (χ4v) is 3.17.